The summed E-state index contributed by atoms with van der Waals surface area (Å²) in [6, 6.07) is 7.36. The standard InChI is InChI=1S/C28H36N2O7/c1-33-22-14-18-7-6-8-19(13-20(18)15-23(22)34-2)27(31)29-9-11-30(12-10-29)28(32)21-16-24(35-3)26(37-5)25(17-21)36-4/h14-17,19H,6-13H2,1-5H3. The lowest BCUT2D eigenvalue weighted by Gasteiger charge is -2.36. The van der Waals surface area contributed by atoms with E-state index in [-0.39, 0.29) is 17.7 Å². The fourth-order valence-corrected chi connectivity index (χ4v) is 5.28. The molecule has 2 aromatic rings. The van der Waals surface area contributed by atoms with Crippen molar-refractivity contribution in [2.75, 3.05) is 61.7 Å². The highest BCUT2D eigenvalue weighted by Gasteiger charge is 2.31. The summed E-state index contributed by atoms with van der Waals surface area (Å²) in [5, 5.41) is 0. The molecule has 200 valence electrons. The Bertz CT molecular complexity index is 1120. The molecule has 0 spiro atoms. The van der Waals surface area contributed by atoms with Crippen molar-refractivity contribution < 1.29 is 33.3 Å². The normalized spacial score (nSPS) is 17.4. The van der Waals surface area contributed by atoms with Crippen LogP contribution in [0.4, 0.5) is 0 Å². The quantitative estimate of drug-likeness (QED) is 0.527. The molecular weight excluding hydrogens is 476 g/mol. The zero-order chi connectivity index (χ0) is 26.5. The molecule has 2 amide bonds. The molecule has 9 heteroatoms. The van der Waals surface area contributed by atoms with Gasteiger partial charge in [0.2, 0.25) is 11.7 Å². The van der Waals surface area contributed by atoms with E-state index in [2.05, 4.69) is 0 Å². The first-order valence-electron chi connectivity index (χ1n) is 12.6. The van der Waals surface area contributed by atoms with E-state index >= 15 is 0 Å². The van der Waals surface area contributed by atoms with Gasteiger partial charge >= 0.3 is 0 Å². The molecule has 2 aliphatic rings. The van der Waals surface area contributed by atoms with Crippen LogP contribution in [0, 0.1) is 5.92 Å². The molecule has 1 atom stereocenters. The Kier molecular flexibility index (Phi) is 8.31. The minimum absolute atomic E-state index is 0.0864. The van der Waals surface area contributed by atoms with Crippen LogP contribution in [0.15, 0.2) is 24.3 Å². The van der Waals surface area contributed by atoms with Gasteiger partial charge in [-0.2, -0.15) is 0 Å². The molecule has 1 saturated heterocycles. The van der Waals surface area contributed by atoms with Gasteiger partial charge in [-0.05, 0) is 61.1 Å². The molecule has 0 N–H and O–H groups in total. The lowest BCUT2D eigenvalue weighted by atomic mass is 9.94. The van der Waals surface area contributed by atoms with Gasteiger partial charge in [0.25, 0.3) is 5.91 Å². The molecule has 1 aliphatic carbocycles. The number of ether oxygens (including phenoxy) is 5. The van der Waals surface area contributed by atoms with E-state index in [9.17, 15) is 9.59 Å². The number of aryl methyl sites for hydroxylation is 1. The highest BCUT2D eigenvalue weighted by atomic mass is 16.5. The monoisotopic (exact) mass is 512 g/mol. The van der Waals surface area contributed by atoms with Gasteiger partial charge in [0, 0.05) is 37.7 Å². The first-order chi connectivity index (χ1) is 17.9. The minimum atomic E-state index is -0.129. The van der Waals surface area contributed by atoms with Gasteiger partial charge in [0.15, 0.2) is 23.0 Å². The van der Waals surface area contributed by atoms with E-state index < -0.39 is 0 Å². The van der Waals surface area contributed by atoms with Crippen LogP contribution >= 0.6 is 0 Å². The maximum absolute atomic E-state index is 13.5. The van der Waals surface area contributed by atoms with Crippen LogP contribution in [0.1, 0.15) is 34.3 Å². The van der Waals surface area contributed by atoms with Gasteiger partial charge in [0.1, 0.15) is 0 Å². The Balaban J connectivity index is 1.42. The van der Waals surface area contributed by atoms with Crippen molar-refractivity contribution in [3.05, 3.63) is 41.0 Å². The minimum Gasteiger partial charge on any atom is -0.493 e. The lowest BCUT2D eigenvalue weighted by molar-refractivity contribution is -0.137. The first-order valence-corrected chi connectivity index (χ1v) is 12.6. The number of carbonyl (C=O) groups excluding carboxylic acids is 2. The van der Waals surface area contributed by atoms with Gasteiger partial charge in [-0.15, -0.1) is 0 Å². The Labute approximate surface area is 218 Å². The van der Waals surface area contributed by atoms with Crippen molar-refractivity contribution in [1.82, 2.24) is 9.80 Å². The van der Waals surface area contributed by atoms with Crippen molar-refractivity contribution in [1.29, 1.82) is 0 Å². The number of nitrogens with zero attached hydrogens (tertiary/aromatic N) is 2. The Morgan fingerprint density at radius 1 is 0.703 bits per heavy atom. The number of amides is 2. The van der Waals surface area contributed by atoms with Gasteiger partial charge in [-0.1, -0.05) is 0 Å². The SMILES string of the molecule is COc1cc2c(cc1OC)CC(C(=O)N1CCN(C(=O)c3cc(OC)c(OC)c(OC)c3)CC1)CCC2. The van der Waals surface area contributed by atoms with Crippen molar-refractivity contribution in [3.63, 3.8) is 0 Å². The molecule has 1 fully saturated rings. The maximum Gasteiger partial charge on any atom is 0.254 e. The van der Waals surface area contributed by atoms with Crippen LogP contribution in [0.5, 0.6) is 28.7 Å². The van der Waals surface area contributed by atoms with Crippen LogP contribution in [0.3, 0.4) is 0 Å². The van der Waals surface area contributed by atoms with E-state index in [0.717, 1.165) is 30.6 Å². The van der Waals surface area contributed by atoms with E-state index in [0.29, 0.717) is 61.2 Å². The second-order valence-electron chi connectivity index (χ2n) is 9.30. The number of fused-ring (bicyclic) bond motifs is 1. The number of hydrogen-bond acceptors (Lipinski definition) is 7. The number of piperazine rings is 1. The van der Waals surface area contributed by atoms with Gasteiger partial charge in [-0.25, -0.2) is 0 Å². The largest absolute Gasteiger partial charge is 0.493 e. The molecule has 1 heterocycles. The molecule has 9 nitrogen and oxygen atoms in total. The summed E-state index contributed by atoms with van der Waals surface area (Å²) < 4.78 is 27.1. The summed E-state index contributed by atoms with van der Waals surface area (Å²) in [6.07, 6.45) is 3.37. The highest BCUT2D eigenvalue weighted by molar-refractivity contribution is 5.96. The zero-order valence-electron chi connectivity index (χ0n) is 22.3. The van der Waals surface area contributed by atoms with Crippen LogP contribution in [0.25, 0.3) is 0 Å². The van der Waals surface area contributed by atoms with Crippen LogP contribution in [-0.2, 0) is 17.6 Å². The van der Waals surface area contributed by atoms with Crippen molar-refractivity contribution >= 4 is 11.8 Å². The second-order valence-corrected chi connectivity index (χ2v) is 9.30. The van der Waals surface area contributed by atoms with Gasteiger partial charge in [-0.3, -0.25) is 9.59 Å². The van der Waals surface area contributed by atoms with Crippen molar-refractivity contribution in [2.45, 2.75) is 25.7 Å². The molecule has 0 bridgehead atoms. The third-order valence-electron chi connectivity index (χ3n) is 7.31. The molecular formula is C28H36N2O7. The third-order valence-corrected chi connectivity index (χ3v) is 7.31. The highest BCUT2D eigenvalue weighted by Crippen LogP contribution is 2.39. The Morgan fingerprint density at radius 2 is 1.24 bits per heavy atom. The Morgan fingerprint density at radius 3 is 1.78 bits per heavy atom. The van der Waals surface area contributed by atoms with Crippen molar-refractivity contribution in [3.8, 4) is 28.7 Å². The summed E-state index contributed by atoms with van der Waals surface area (Å²) >= 11 is 0. The summed E-state index contributed by atoms with van der Waals surface area (Å²) in [5.41, 5.74) is 2.82. The molecule has 1 unspecified atom stereocenters. The summed E-state index contributed by atoms with van der Waals surface area (Å²) in [4.78, 5) is 30.4. The maximum atomic E-state index is 13.5. The molecule has 37 heavy (non-hydrogen) atoms. The topological polar surface area (TPSA) is 86.8 Å². The van der Waals surface area contributed by atoms with Gasteiger partial charge < -0.3 is 33.5 Å². The van der Waals surface area contributed by atoms with Crippen molar-refractivity contribution in [2.24, 2.45) is 5.92 Å². The second kappa shape index (κ2) is 11.6. The van der Waals surface area contributed by atoms with Crippen LogP contribution < -0.4 is 23.7 Å². The number of rotatable bonds is 7. The number of benzene rings is 2. The molecule has 0 aromatic heterocycles. The lowest BCUT2D eigenvalue weighted by Crippen LogP contribution is -2.52. The zero-order valence-corrected chi connectivity index (χ0v) is 22.3. The number of carbonyl (C=O) groups is 2. The number of hydrogen-bond donors (Lipinski definition) is 0. The predicted octanol–water partition coefficient (Wildman–Crippen LogP) is 3.21. The average molecular weight is 513 g/mol. The van der Waals surface area contributed by atoms with Crippen LogP contribution in [0.2, 0.25) is 0 Å². The van der Waals surface area contributed by atoms with E-state index in [4.69, 9.17) is 23.7 Å². The summed E-state index contributed by atoms with van der Waals surface area (Å²) in [7, 11) is 7.84. The number of methoxy groups -OCH3 is 5. The molecule has 1 aliphatic heterocycles. The summed E-state index contributed by atoms with van der Waals surface area (Å²) in [6.45, 7) is 1.94. The predicted molar refractivity (Wildman–Crippen MR) is 138 cm³/mol. The fraction of sp³-hybridized carbons (Fsp3) is 0.500. The van der Waals surface area contributed by atoms with E-state index in [1.807, 2.05) is 17.0 Å². The van der Waals surface area contributed by atoms with E-state index in [1.165, 1.54) is 26.9 Å². The molecule has 0 radical (unpaired) electrons. The van der Waals surface area contributed by atoms with Gasteiger partial charge in [0.05, 0.1) is 35.5 Å². The smallest absolute Gasteiger partial charge is 0.254 e. The van der Waals surface area contributed by atoms with E-state index in [1.54, 1.807) is 31.3 Å². The molecule has 4 rings (SSSR count). The summed E-state index contributed by atoms with van der Waals surface area (Å²) in [5.74, 6) is 2.66. The van der Waals surface area contributed by atoms with Crippen LogP contribution in [-0.4, -0.2) is 83.3 Å². The third kappa shape index (κ3) is 5.40. The Hall–Kier alpha value is -3.62. The average Bonchev–Trinajstić information content (AvgIpc) is 3.16. The molecule has 2 aromatic carbocycles. The fourth-order valence-electron chi connectivity index (χ4n) is 5.28. The first kappa shape index (κ1) is 26.4. The molecule has 0 saturated carbocycles.